The Kier molecular flexibility index (Phi) is 7.13. The van der Waals surface area contributed by atoms with Crippen LogP contribution in [0.15, 0.2) is 48.8 Å². The molecule has 3 aromatic heterocycles. The summed E-state index contributed by atoms with van der Waals surface area (Å²) in [7, 11) is 0. The molecule has 5 heterocycles. The second-order valence-electron chi connectivity index (χ2n) is 9.43. The van der Waals surface area contributed by atoms with Crippen LogP contribution in [0.5, 0.6) is 0 Å². The van der Waals surface area contributed by atoms with Crippen LogP contribution < -0.4 is 5.32 Å². The number of aryl methyl sites for hydroxylation is 2. The van der Waals surface area contributed by atoms with Crippen molar-refractivity contribution >= 4 is 17.3 Å². The molecule has 0 aliphatic carbocycles. The normalized spacial score (nSPS) is 20.9. The lowest BCUT2D eigenvalue weighted by atomic mass is 9.96. The Balaban J connectivity index is 1.48. The summed E-state index contributed by atoms with van der Waals surface area (Å²) in [6.45, 7) is 12.1. The van der Waals surface area contributed by atoms with Gasteiger partial charge in [0.15, 0.2) is 5.11 Å². The van der Waals surface area contributed by atoms with Crippen molar-refractivity contribution < 1.29 is 4.74 Å². The maximum atomic E-state index is 5.90. The molecule has 0 bridgehead atoms. The molecule has 0 unspecified atom stereocenters. The van der Waals surface area contributed by atoms with E-state index in [9.17, 15) is 0 Å². The number of rotatable bonds is 7. The second-order valence-corrected chi connectivity index (χ2v) is 9.82. The Hall–Kier alpha value is -2.81. The lowest BCUT2D eigenvalue weighted by molar-refractivity contribution is 0.0365. The first-order chi connectivity index (χ1) is 17.0. The molecule has 2 saturated heterocycles. The average molecular weight is 491 g/mol. The van der Waals surface area contributed by atoms with E-state index in [1.807, 2.05) is 30.6 Å². The van der Waals surface area contributed by atoms with Crippen LogP contribution in [-0.4, -0.2) is 68.8 Å². The van der Waals surface area contributed by atoms with Crippen LogP contribution in [0.1, 0.15) is 46.7 Å². The van der Waals surface area contributed by atoms with E-state index in [1.54, 1.807) is 0 Å². The van der Waals surface area contributed by atoms with Crippen LogP contribution in [-0.2, 0) is 4.74 Å². The molecule has 2 aliphatic heterocycles. The molecular formula is C27H34N6OS. The van der Waals surface area contributed by atoms with E-state index in [2.05, 4.69) is 58.7 Å². The summed E-state index contributed by atoms with van der Waals surface area (Å²) in [5.74, 6) is 0.982. The maximum absolute atomic E-state index is 5.90. The summed E-state index contributed by atoms with van der Waals surface area (Å²) < 4.78 is 7.78. The van der Waals surface area contributed by atoms with Gasteiger partial charge in [-0.05, 0) is 74.8 Å². The van der Waals surface area contributed by atoms with Crippen molar-refractivity contribution in [2.75, 3.05) is 39.4 Å². The van der Waals surface area contributed by atoms with Gasteiger partial charge in [0.1, 0.15) is 5.82 Å². The van der Waals surface area contributed by atoms with Crippen LogP contribution in [0.2, 0.25) is 0 Å². The highest BCUT2D eigenvalue weighted by Crippen LogP contribution is 2.41. The topological polar surface area (TPSA) is 58.5 Å². The van der Waals surface area contributed by atoms with E-state index < -0.39 is 0 Å². The van der Waals surface area contributed by atoms with Gasteiger partial charge < -0.3 is 19.5 Å². The van der Waals surface area contributed by atoms with Gasteiger partial charge in [-0.3, -0.25) is 9.88 Å². The molecule has 0 amide bonds. The zero-order chi connectivity index (χ0) is 24.4. The number of ether oxygens (including phenoxy) is 1. The number of morpholine rings is 1. The third kappa shape index (κ3) is 4.83. The Bertz CT molecular complexity index is 1170. The summed E-state index contributed by atoms with van der Waals surface area (Å²) in [5, 5.41) is 4.40. The molecule has 0 aromatic carbocycles. The second kappa shape index (κ2) is 10.4. The zero-order valence-electron chi connectivity index (χ0n) is 20.8. The first-order valence-corrected chi connectivity index (χ1v) is 12.8. The molecule has 7 nitrogen and oxygen atoms in total. The number of nitrogens with zero attached hydrogens (tertiary/aromatic N) is 5. The third-order valence-electron chi connectivity index (χ3n) is 7.16. The Morgan fingerprint density at radius 1 is 1.03 bits per heavy atom. The molecule has 184 valence electrons. The standard InChI is InChI=1S/C27H34N6OS/c1-19-8-6-11-29-26(19)33-20(2)18-22(21(33)3)25-24(23-9-4-5-10-28-23)30-27(35)32(25)13-7-12-31-14-16-34-17-15-31/h4-6,8-11,18,24-25H,7,12-17H2,1-3H3,(H,30,35)/t24-,25-/m0/s1. The number of hydrogen-bond acceptors (Lipinski definition) is 5. The minimum atomic E-state index is -0.00846. The number of hydrogen-bond donors (Lipinski definition) is 1. The average Bonchev–Trinajstić information content (AvgIpc) is 3.35. The van der Waals surface area contributed by atoms with Crippen molar-refractivity contribution in [2.24, 2.45) is 0 Å². The number of aromatic nitrogens is 3. The van der Waals surface area contributed by atoms with E-state index in [4.69, 9.17) is 26.9 Å². The van der Waals surface area contributed by atoms with E-state index in [1.165, 1.54) is 17.0 Å². The van der Waals surface area contributed by atoms with Gasteiger partial charge in [0, 0.05) is 50.0 Å². The Labute approximate surface area is 213 Å². The molecule has 35 heavy (non-hydrogen) atoms. The SMILES string of the molecule is Cc1cccnc1-n1c(C)cc([C@H]2[C@H](c3ccccn3)NC(=S)N2CCCN2CCOCC2)c1C. The van der Waals surface area contributed by atoms with Crippen molar-refractivity contribution in [1.29, 1.82) is 0 Å². The summed E-state index contributed by atoms with van der Waals surface area (Å²) in [6, 6.07) is 12.5. The summed E-state index contributed by atoms with van der Waals surface area (Å²) in [6.07, 6.45) is 4.77. The maximum Gasteiger partial charge on any atom is 0.170 e. The monoisotopic (exact) mass is 490 g/mol. The minimum absolute atomic E-state index is 0.00846. The summed E-state index contributed by atoms with van der Waals surface area (Å²) in [5.41, 5.74) is 5.80. The molecule has 0 saturated carbocycles. The van der Waals surface area contributed by atoms with E-state index >= 15 is 0 Å². The van der Waals surface area contributed by atoms with Crippen LogP contribution >= 0.6 is 12.2 Å². The van der Waals surface area contributed by atoms with Gasteiger partial charge in [-0.1, -0.05) is 12.1 Å². The molecule has 2 fully saturated rings. The van der Waals surface area contributed by atoms with Crippen LogP contribution in [0, 0.1) is 20.8 Å². The molecule has 8 heteroatoms. The number of thiocarbonyl (C=S) groups is 1. The highest BCUT2D eigenvalue weighted by molar-refractivity contribution is 7.80. The van der Waals surface area contributed by atoms with Crippen molar-refractivity contribution in [3.63, 3.8) is 0 Å². The largest absolute Gasteiger partial charge is 0.379 e. The third-order valence-corrected chi connectivity index (χ3v) is 7.51. The lowest BCUT2D eigenvalue weighted by Gasteiger charge is -2.30. The summed E-state index contributed by atoms with van der Waals surface area (Å²) in [4.78, 5) is 14.3. The number of nitrogens with one attached hydrogen (secondary N) is 1. The molecule has 3 aromatic rings. The molecule has 0 radical (unpaired) electrons. The molecular weight excluding hydrogens is 456 g/mol. The van der Waals surface area contributed by atoms with E-state index in [0.717, 1.165) is 68.0 Å². The quantitative estimate of drug-likeness (QED) is 0.504. The first-order valence-electron chi connectivity index (χ1n) is 12.4. The fourth-order valence-corrected chi connectivity index (χ4v) is 5.73. The minimum Gasteiger partial charge on any atom is -0.379 e. The van der Waals surface area contributed by atoms with Gasteiger partial charge in [-0.15, -0.1) is 0 Å². The van der Waals surface area contributed by atoms with Gasteiger partial charge in [-0.25, -0.2) is 4.98 Å². The highest BCUT2D eigenvalue weighted by Gasteiger charge is 2.41. The molecule has 1 N–H and O–H groups in total. The fraction of sp³-hybridized carbons (Fsp3) is 0.444. The van der Waals surface area contributed by atoms with Crippen LogP contribution in [0.4, 0.5) is 0 Å². The lowest BCUT2D eigenvalue weighted by Crippen LogP contribution is -2.39. The van der Waals surface area contributed by atoms with E-state index in [-0.39, 0.29) is 12.1 Å². The Morgan fingerprint density at radius 2 is 1.83 bits per heavy atom. The molecule has 2 aliphatic rings. The molecule has 2 atom stereocenters. The number of pyridine rings is 2. The van der Waals surface area contributed by atoms with Gasteiger partial charge >= 0.3 is 0 Å². The predicted octanol–water partition coefficient (Wildman–Crippen LogP) is 3.89. The fourth-order valence-electron chi connectivity index (χ4n) is 5.40. The van der Waals surface area contributed by atoms with Gasteiger partial charge in [-0.2, -0.15) is 0 Å². The van der Waals surface area contributed by atoms with Crippen molar-refractivity contribution in [3.05, 3.63) is 77.0 Å². The summed E-state index contributed by atoms with van der Waals surface area (Å²) >= 11 is 5.90. The van der Waals surface area contributed by atoms with Crippen molar-refractivity contribution in [2.45, 2.75) is 39.3 Å². The Morgan fingerprint density at radius 3 is 2.57 bits per heavy atom. The predicted molar refractivity (Wildman–Crippen MR) is 142 cm³/mol. The van der Waals surface area contributed by atoms with Crippen molar-refractivity contribution in [1.82, 2.24) is 29.7 Å². The smallest absolute Gasteiger partial charge is 0.170 e. The highest BCUT2D eigenvalue weighted by atomic mass is 32.1. The van der Waals surface area contributed by atoms with Gasteiger partial charge in [0.25, 0.3) is 0 Å². The van der Waals surface area contributed by atoms with Crippen molar-refractivity contribution in [3.8, 4) is 5.82 Å². The van der Waals surface area contributed by atoms with E-state index in [0.29, 0.717) is 0 Å². The van der Waals surface area contributed by atoms with Gasteiger partial charge in [0.05, 0.1) is 31.0 Å². The van der Waals surface area contributed by atoms with Crippen LogP contribution in [0.25, 0.3) is 5.82 Å². The van der Waals surface area contributed by atoms with Crippen LogP contribution in [0.3, 0.4) is 0 Å². The zero-order valence-corrected chi connectivity index (χ0v) is 21.6. The first kappa shape index (κ1) is 23.9. The van der Waals surface area contributed by atoms with Gasteiger partial charge in [0.2, 0.25) is 0 Å². The molecule has 5 rings (SSSR count). The molecule has 0 spiro atoms.